The van der Waals surface area contributed by atoms with Crippen molar-refractivity contribution in [3.63, 3.8) is 0 Å². The van der Waals surface area contributed by atoms with E-state index in [9.17, 15) is 9.18 Å². The second-order valence-corrected chi connectivity index (χ2v) is 6.81. The van der Waals surface area contributed by atoms with Gasteiger partial charge in [-0.1, -0.05) is 35.9 Å². The molecule has 0 fully saturated rings. The van der Waals surface area contributed by atoms with E-state index in [1.807, 2.05) is 30.3 Å². The van der Waals surface area contributed by atoms with Crippen LogP contribution in [-0.4, -0.2) is 24.0 Å². The predicted octanol–water partition coefficient (Wildman–Crippen LogP) is 4.50. The van der Waals surface area contributed by atoms with Gasteiger partial charge in [0.15, 0.2) is 0 Å². The zero-order valence-electron chi connectivity index (χ0n) is 15.3. The monoisotopic (exact) mass is 397 g/mol. The van der Waals surface area contributed by atoms with Gasteiger partial charge in [0.2, 0.25) is 0 Å². The highest BCUT2D eigenvalue weighted by molar-refractivity contribution is 6.30. The van der Waals surface area contributed by atoms with Crippen LogP contribution in [0.5, 0.6) is 0 Å². The summed E-state index contributed by atoms with van der Waals surface area (Å²) in [4.78, 5) is 16.4. The maximum Gasteiger partial charge on any atom is 0.269 e. The lowest BCUT2D eigenvalue weighted by Crippen LogP contribution is -2.26. The van der Waals surface area contributed by atoms with E-state index in [4.69, 9.17) is 11.6 Å². The van der Waals surface area contributed by atoms with Crippen LogP contribution in [0.3, 0.4) is 0 Å². The first kappa shape index (κ1) is 19.8. The number of nitrogens with zero attached hydrogens (tertiary/aromatic N) is 1. The molecule has 1 heterocycles. The molecule has 144 valence electrons. The fraction of sp³-hybridized carbons (Fsp3) is 0.182. The molecule has 0 saturated carbocycles. The summed E-state index contributed by atoms with van der Waals surface area (Å²) in [6.07, 6.45) is 3.06. The molecule has 0 radical (unpaired) electrons. The lowest BCUT2D eigenvalue weighted by Gasteiger charge is -2.09. The Hall–Kier alpha value is -2.92. The molecule has 0 aliphatic heterocycles. The van der Waals surface area contributed by atoms with E-state index in [1.165, 1.54) is 12.1 Å². The van der Waals surface area contributed by atoms with E-state index in [1.54, 1.807) is 24.4 Å². The number of benzene rings is 2. The Bertz CT molecular complexity index is 931. The minimum atomic E-state index is -0.267. The number of nitrogens with one attached hydrogen (secondary N) is 2. The summed E-state index contributed by atoms with van der Waals surface area (Å²) in [7, 11) is 0. The summed E-state index contributed by atoms with van der Waals surface area (Å²) in [5, 5.41) is 6.86. The molecular formula is C22H21ClFN3O. The average Bonchev–Trinajstić information content (AvgIpc) is 2.70. The zero-order chi connectivity index (χ0) is 19.8. The smallest absolute Gasteiger partial charge is 0.269 e. The molecule has 1 aromatic heterocycles. The second kappa shape index (κ2) is 9.85. The van der Waals surface area contributed by atoms with E-state index < -0.39 is 0 Å². The number of hydrogen-bond acceptors (Lipinski definition) is 3. The van der Waals surface area contributed by atoms with Crippen LogP contribution < -0.4 is 10.6 Å². The number of carbonyl (C=O) groups excluding carboxylic acids is 1. The van der Waals surface area contributed by atoms with Crippen molar-refractivity contribution in [3.05, 3.63) is 94.5 Å². The molecule has 2 N–H and O–H groups in total. The second-order valence-electron chi connectivity index (χ2n) is 6.37. The van der Waals surface area contributed by atoms with Crippen LogP contribution in [0, 0.1) is 5.82 Å². The number of aromatic nitrogens is 1. The summed E-state index contributed by atoms with van der Waals surface area (Å²) in [5.74, 6) is -0.503. The van der Waals surface area contributed by atoms with Crippen molar-refractivity contribution in [1.82, 2.24) is 10.3 Å². The Morgan fingerprint density at radius 2 is 1.75 bits per heavy atom. The minimum Gasteiger partial charge on any atom is -0.385 e. The third-order valence-electron chi connectivity index (χ3n) is 4.24. The van der Waals surface area contributed by atoms with Crippen molar-refractivity contribution in [1.29, 1.82) is 0 Å². The molecule has 0 aliphatic rings. The highest BCUT2D eigenvalue weighted by Gasteiger charge is 2.07. The molecule has 0 unspecified atom stereocenters. The van der Waals surface area contributed by atoms with Gasteiger partial charge in [-0.3, -0.25) is 9.78 Å². The first-order valence-electron chi connectivity index (χ1n) is 9.07. The fourth-order valence-electron chi connectivity index (χ4n) is 2.77. The molecule has 3 aromatic rings. The molecule has 0 saturated heterocycles. The molecule has 0 spiro atoms. The van der Waals surface area contributed by atoms with Crippen LogP contribution >= 0.6 is 11.6 Å². The molecule has 0 atom stereocenters. The first-order chi connectivity index (χ1) is 13.6. The first-order valence-corrected chi connectivity index (χ1v) is 9.45. The Morgan fingerprint density at radius 3 is 2.54 bits per heavy atom. The largest absolute Gasteiger partial charge is 0.385 e. The van der Waals surface area contributed by atoms with Gasteiger partial charge in [-0.05, 0) is 60.4 Å². The van der Waals surface area contributed by atoms with Crippen molar-refractivity contribution >= 4 is 23.2 Å². The normalized spacial score (nSPS) is 10.5. The SMILES string of the molecule is O=C(NCCc1ccc(F)cc1)c1cc(NCCc2cccc(Cl)c2)ccn1. The zero-order valence-corrected chi connectivity index (χ0v) is 16.0. The lowest BCUT2D eigenvalue weighted by atomic mass is 10.1. The van der Waals surface area contributed by atoms with Crippen LogP contribution in [0.2, 0.25) is 5.02 Å². The van der Waals surface area contributed by atoms with Gasteiger partial charge >= 0.3 is 0 Å². The van der Waals surface area contributed by atoms with E-state index in [0.29, 0.717) is 18.7 Å². The van der Waals surface area contributed by atoms with Gasteiger partial charge in [-0.2, -0.15) is 0 Å². The number of amides is 1. The standard InChI is InChI=1S/C22H21ClFN3O/c23-18-3-1-2-17(14-18)9-11-25-20-10-13-26-21(15-20)22(28)27-12-8-16-4-6-19(24)7-5-16/h1-7,10,13-15H,8-9,11-12H2,(H,25,26)(H,27,28). The van der Waals surface area contributed by atoms with Crippen LogP contribution in [-0.2, 0) is 12.8 Å². The van der Waals surface area contributed by atoms with Gasteiger partial charge in [0, 0.05) is 30.0 Å². The highest BCUT2D eigenvalue weighted by Crippen LogP contribution is 2.12. The van der Waals surface area contributed by atoms with Crippen molar-refractivity contribution in [3.8, 4) is 0 Å². The number of rotatable bonds is 8. The van der Waals surface area contributed by atoms with Gasteiger partial charge in [0.05, 0.1) is 0 Å². The minimum absolute atomic E-state index is 0.236. The Morgan fingerprint density at radius 1 is 0.964 bits per heavy atom. The van der Waals surface area contributed by atoms with Gasteiger partial charge < -0.3 is 10.6 Å². The highest BCUT2D eigenvalue weighted by atomic mass is 35.5. The molecule has 4 nitrogen and oxygen atoms in total. The van der Waals surface area contributed by atoms with Gasteiger partial charge in [0.25, 0.3) is 5.91 Å². The van der Waals surface area contributed by atoms with Gasteiger partial charge in [-0.15, -0.1) is 0 Å². The molecule has 3 rings (SSSR count). The number of carbonyl (C=O) groups is 1. The molecule has 0 aliphatic carbocycles. The van der Waals surface area contributed by atoms with Crippen molar-refractivity contribution < 1.29 is 9.18 Å². The van der Waals surface area contributed by atoms with Crippen LogP contribution in [0.15, 0.2) is 66.9 Å². The summed E-state index contributed by atoms with van der Waals surface area (Å²) < 4.78 is 12.9. The quantitative estimate of drug-likeness (QED) is 0.588. The number of halogens is 2. The van der Waals surface area contributed by atoms with Crippen molar-refractivity contribution in [2.45, 2.75) is 12.8 Å². The number of hydrogen-bond donors (Lipinski definition) is 2. The number of pyridine rings is 1. The molecular weight excluding hydrogens is 377 g/mol. The van der Waals surface area contributed by atoms with Crippen LogP contribution in [0.4, 0.5) is 10.1 Å². The summed E-state index contributed by atoms with van der Waals surface area (Å²) in [6.45, 7) is 1.18. The van der Waals surface area contributed by atoms with E-state index in [2.05, 4.69) is 15.6 Å². The Kier molecular flexibility index (Phi) is 6.98. The molecule has 6 heteroatoms. The maximum absolute atomic E-state index is 12.9. The Labute approximate surface area is 168 Å². The van der Waals surface area contributed by atoms with Crippen molar-refractivity contribution in [2.24, 2.45) is 0 Å². The average molecular weight is 398 g/mol. The van der Waals surface area contributed by atoms with Crippen molar-refractivity contribution in [2.75, 3.05) is 18.4 Å². The molecule has 2 aromatic carbocycles. The third kappa shape index (κ3) is 6.06. The van der Waals surface area contributed by atoms with E-state index in [-0.39, 0.29) is 11.7 Å². The summed E-state index contributed by atoms with van der Waals surface area (Å²) in [6, 6.07) is 17.6. The number of anilines is 1. The van der Waals surface area contributed by atoms with Gasteiger partial charge in [0.1, 0.15) is 11.5 Å². The summed E-state index contributed by atoms with van der Waals surface area (Å²) in [5.41, 5.74) is 3.30. The fourth-order valence-corrected chi connectivity index (χ4v) is 2.98. The van der Waals surface area contributed by atoms with Crippen LogP contribution in [0.1, 0.15) is 21.6 Å². The molecule has 0 bridgehead atoms. The van der Waals surface area contributed by atoms with E-state index >= 15 is 0 Å². The molecule has 1 amide bonds. The third-order valence-corrected chi connectivity index (χ3v) is 4.47. The maximum atomic E-state index is 12.9. The van der Waals surface area contributed by atoms with E-state index in [0.717, 1.165) is 34.8 Å². The predicted molar refractivity (Wildman–Crippen MR) is 110 cm³/mol. The van der Waals surface area contributed by atoms with Crippen LogP contribution in [0.25, 0.3) is 0 Å². The van der Waals surface area contributed by atoms with Gasteiger partial charge in [-0.25, -0.2) is 4.39 Å². The lowest BCUT2D eigenvalue weighted by molar-refractivity contribution is 0.0949. The Balaban J connectivity index is 1.47. The molecule has 28 heavy (non-hydrogen) atoms. The topological polar surface area (TPSA) is 54.0 Å². The summed E-state index contributed by atoms with van der Waals surface area (Å²) >= 11 is 5.99.